The van der Waals surface area contributed by atoms with E-state index >= 15 is 0 Å². The lowest BCUT2D eigenvalue weighted by Crippen LogP contribution is -1.94. The quantitative estimate of drug-likeness (QED) is 0.512. The Morgan fingerprint density at radius 2 is 1.40 bits per heavy atom. The van der Waals surface area contributed by atoms with Crippen LogP contribution in [0.2, 0.25) is 0 Å². The molecule has 0 aliphatic carbocycles. The highest BCUT2D eigenvalue weighted by atomic mass is 19.1. The van der Waals surface area contributed by atoms with Crippen LogP contribution < -0.4 is 0 Å². The molecule has 0 aliphatic rings. The molecule has 0 nitrogen and oxygen atoms in total. The average Bonchev–Trinajstić information content (AvgIpc) is 2.61. The highest BCUT2D eigenvalue weighted by molar-refractivity contribution is 5.64. The van der Waals surface area contributed by atoms with Crippen LogP contribution in [-0.2, 0) is 6.42 Å². The third-order valence-electron chi connectivity index (χ3n) is 4.09. The van der Waals surface area contributed by atoms with Crippen molar-refractivity contribution in [2.75, 3.05) is 0 Å². The molecule has 0 spiro atoms. The van der Waals surface area contributed by atoms with Gasteiger partial charge in [-0.3, -0.25) is 0 Å². The van der Waals surface area contributed by atoms with Gasteiger partial charge >= 0.3 is 0 Å². The molecule has 3 aromatic rings. The second-order valence-corrected chi connectivity index (χ2v) is 5.97. The molecule has 0 N–H and O–H groups in total. The maximum Gasteiger partial charge on any atom is 0.139 e. The molecule has 0 bridgehead atoms. The lowest BCUT2D eigenvalue weighted by molar-refractivity contribution is 0.620. The molecule has 3 aromatic carbocycles. The van der Waals surface area contributed by atoms with E-state index in [0.29, 0.717) is 5.56 Å². The molecular weight excluding hydrogens is 314 g/mol. The van der Waals surface area contributed by atoms with Gasteiger partial charge in [-0.2, -0.15) is 0 Å². The molecule has 0 atom stereocenters. The van der Waals surface area contributed by atoms with Crippen LogP contribution >= 0.6 is 0 Å². The van der Waals surface area contributed by atoms with Crippen LogP contribution in [-0.4, -0.2) is 0 Å². The molecule has 0 fully saturated rings. The van der Waals surface area contributed by atoms with E-state index in [0.717, 1.165) is 34.2 Å². The molecule has 0 saturated heterocycles. The number of benzene rings is 3. The summed E-state index contributed by atoms with van der Waals surface area (Å²) in [4.78, 5) is 0. The summed E-state index contributed by atoms with van der Waals surface area (Å²) in [6, 6.07) is 17.5. The van der Waals surface area contributed by atoms with Crippen molar-refractivity contribution in [3.05, 3.63) is 94.6 Å². The van der Waals surface area contributed by atoms with Gasteiger partial charge in [0.2, 0.25) is 0 Å². The van der Waals surface area contributed by atoms with Crippen molar-refractivity contribution < 1.29 is 8.78 Å². The van der Waals surface area contributed by atoms with E-state index < -0.39 is 0 Å². The SMILES string of the molecule is CCc1cc(C)cc(F)c1C#Cc1ccc(-c2ccc(F)cc2)cc1. The zero-order valence-corrected chi connectivity index (χ0v) is 14.2. The van der Waals surface area contributed by atoms with E-state index in [1.54, 1.807) is 12.1 Å². The molecule has 0 aromatic heterocycles. The van der Waals surface area contributed by atoms with E-state index in [1.807, 2.05) is 44.2 Å². The normalized spacial score (nSPS) is 10.2. The van der Waals surface area contributed by atoms with Gasteiger partial charge in [0.15, 0.2) is 0 Å². The lowest BCUT2D eigenvalue weighted by atomic mass is 10.0. The summed E-state index contributed by atoms with van der Waals surface area (Å²) in [5, 5.41) is 0. The van der Waals surface area contributed by atoms with Gasteiger partial charge in [-0.15, -0.1) is 0 Å². The maximum absolute atomic E-state index is 14.2. The van der Waals surface area contributed by atoms with Crippen molar-refractivity contribution >= 4 is 0 Å². The number of hydrogen-bond donors (Lipinski definition) is 0. The van der Waals surface area contributed by atoms with Gasteiger partial charge in [-0.25, -0.2) is 8.78 Å². The molecule has 0 unspecified atom stereocenters. The minimum atomic E-state index is -0.271. The Labute approximate surface area is 147 Å². The first-order chi connectivity index (χ1) is 12.1. The van der Waals surface area contributed by atoms with Crippen LogP contribution in [0.15, 0.2) is 60.7 Å². The average molecular weight is 332 g/mol. The second kappa shape index (κ2) is 7.32. The zero-order valence-electron chi connectivity index (χ0n) is 14.2. The van der Waals surface area contributed by atoms with Crippen molar-refractivity contribution in [3.8, 4) is 23.0 Å². The van der Waals surface area contributed by atoms with Gasteiger partial charge in [0.05, 0.1) is 5.56 Å². The summed E-state index contributed by atoms with van der Waals surface area (Å²) in [5.74, 6) is 5.48. The van der Waals surface area contributed by atoms with Crippen molar-refractivity contribution in [1.82, 2.24) is 0 Å². The molecule has 2 heteroatoms. The van der Waals surface area contributed by atoms with Crippen LogP contribution in [0.5, 0.6) is 0 Å². The summed E-state index contributed by atoms with van der Waals surface area (Å²) >= 11 is 0. The number of aryl methyl sites for hydroxylation is 2. The van der Waals surface area contributed by atoms with E-state index in [1.165, 1.54) is 18.2 Å². The van der Waals surface area contributed by atoms with Crippen LogP contribution in [0.3, 0.4) is 0 Å². The van der Waals surface area contributed by atoms with Gasteiger partial charge in [-0.05, 0) is 65.9 Å². The Morgan fingerprint density at radius 3 is 2.00 bits per heavy atom. The Balaban J connectivity index is 1.88. The predicted octanol–water partition coefficient (Wildman–Crippen LogP) is 5.90. The van der Waals surface area contributed by atoms with Crippen molar-refractivity contribution in [2.45, 2.75) is 20.3 Å². The largest absolute Gasteiger partial charge is 0.207 e. The fourth-order valence-electron chi connectivity index (χ4n) is 2.76. The molecule has 0 aliphatic heterocycles. The Morgan fingerprint density at radius 1 is 0.800 bits per heavy atom. The minimum Gasteiger partial charge on any atom is -0.207 e. The van der Waals surface area contributed by atoms with Crippen LogP contribution in [0, 0.1) is 30.4 Å². The molecule has 0 heterocycles. The Kier molecular flexibility index (Phi) is 4.95. The number of rotatable bonds is 2. The second-order valence-electron chi connectivity index (χ2n) is 5.97. The lowest BCUT2D eigenvalue weighted by Gasteiger charge is -2.05. The highest BCUT2D eigenvalue weighted by Gasteiger charge is 2.06. The standard InChI is InChI=1S/C23H18F2/c1-3-18-14-16(2)15-23(25)22(18)13-6-17-4-7-19(8-5-17)20-9-11-21(24)12-10-20/h4-5,7-12,14-15H,3H2,1-2H3. The summed E-state index contributed by atoms with van der Waals surface area (Å²) in [5.41, 5.74) is 5.04. The fraction of sp³-hybridized carbons (Fsp3) is 0.130. The van der Waals surface area contributed by atoms with Gasteiger partial charge in [0, 0.05) is 5.56 Å². The monoisotopic (exact) mass is 332 g/mol. The molecule has 0 radical (unpaired) electrons. The Hall–Kier alpha value is -2.92. The smallest absolute Gasteiger partial charge is 0.139 e. The third-order valence-corrected chi connectivity index (χ3v) is 4.09. The number of halogens is 2. The molecule has 124 valence electrons. The molecule has 0 amide bonds. The van der Waals surface area contributed by atoms with E-state index in [4.69, 9.17) is 0 Å². The third kappa shape index (κ3) is 3.95. The van der Waals surface area contributed by atoms with E-state index in [2.05, 4.69) is 11.8 Å². The molecule has 0 saturated carbocycles. The van der Waals surface area contributed by atoms with E-state index in [-0.39, 0.29) is 11.6 Å². The number of hydrogen-bond acceptors (Lipinski definition) is 0. The van der Waals surface area contributed by atoms with Crippen LogP contribution in [0.25, 0.3) is 11.1 Å². The summed E-state index contributed by atoms with van der Waals surface area (Å²) in [6.07, 6.45) is 0.742. The first kappa shape index (κ1) is 16.9. The summed E-state index contributed by atoms with van der Waals surface area (Å²) in [6.45, 7) is 3.88. The van der Waals surface area contributed by atoms with Gasteiger partial charge in [0.25, 0.3) is 0 Å². The van der Waals surface area contributed by atoms with Crippen LogP contribution in [0.4, 0.5) is 8.78 Å². The van der Waals surface area contributed by atoms with Crippen LogP contribution in [0.1, 0.15) is 29.2 Å². The van der Waals surface area contributed by atoms with Gasteiger partial charge in [-0.1, -0.05) is 49.1 Å². The first-order valence-electron chi connectivity index (χ1n) is 8.24. The minimum absolute atomic E-state index is 0.252. The predicted molar refractivity (Wildman–Crippen MR) is 98.3 cm³/mol. The molecular formula is C23H18F2. The van der Waals surface area contributed by atoms with Crippen molar-refractivity contribution in [2.24, 2.45) is 0 Å². The van der Waals surface area contributed by atoms with Crippen molar-refractivity contribution in [3.63, 3.8) is 0 Å². The van der Waals surface area contributed by atoms with Gasteiger partial charge < -0.3 is 0 Å². The Bertz CT molecular complexity index is 940. The highest BCUT2D eigenvalue weighted by Crippen LogP contribution is 2.20. The first-order valence-corrected chi connectivity index (χ1v) is 8.24. The molecule has 25 heavy (non-hydrogen) atoms. The summed E-state index contributed by atoms with van der Waals surface area (Å²) in [7, 11) is 0. The topological polar surface area (TPSA) is 0 Å². The van der Waals surface area contributed by atoms with Gasteiger partial charge in [0.1, 0.15) is 11.6 Å². The zero-order chi connectivity index (χ0) is 17.8. The van der Waals surface area contributed by atoms with E-state index in [9.17, 15) is 8.78 Å². The van der Waals surface area contributed by atoms with Crippen molar-refractivity contribution in [1.29, 1.82) is 0 Å². The summed E-state index contributed by atoms with van der Waals surface area (Å²) < 4.78 is 27.2. The molecule has 3 rings (SSSR count). The maximum atomic E-state index is 14.2. The fourth-order valence-corrected chi connectivity index (χ4v) is 2.76.